The second-order valence-electron chi connectivity index (χ2n) is 9.48. The predicted molar refractivity (Wildman–Crippen MR) is 123 cm³/mol. The van der Waals surface area contributed by atoms with Gasteiger partial charge in [0, 0.05) is 42.4 Å². The van der Waals surface area contributed by atoms with Gasteiger partial charge >= 0.3 is 0 Å². The summed E-state index contributed by atoms with van der Waals surface area (Å²) in [5, 5.41) is 3.86. The van der Waals surface area contributed by atoms with Crippen molar-refractivity contribution in [1.82, 2.24) is 15.3 Å². The van der Waals surface area contributed by atoms with Crippen LogP contribution in [0.2, 0.25) is 0 Å². The maximum absolute atomic E-state index is 12.4. The normalized spacial score (nSPS) is 16.7. The molecule has 0 atom stereocenters. The lowest BCUT2D eigenvalue weighted by Crippen LogP contribution is -2.25. The number of amides is 1. The number of rotatable bonds is 7. The van der Waals surface area contributed by atoms with Crippen molar-refractivity contribution in [3.63, 3.8) is 0 Å². The molecule has 4 rings (SSSR count). The Balaban J connectivity index is 1.46. The Kier molecular flexibility index (Phi) is 6.32. The number of nitrogens with zero attached hydrogens (tertiary/aromatic N) is 3. The van der Waals surface area contributed by atoms with Crippen LogP contribution in [0.1, 0.15) is 68.1 Å². The number of carbonyl (C=O) groups is 1. The number of aromatic nitrogens is 2. The van der Waals surface area contributed by atoms with E-state index in [9.17, 15) is 4.79 Å². The quantitative estimate of drug-likeness (QED) is 0.511. The number of benzene rings is 1. The molecule has 5 nitrogen and oxygen atoms in total. The van der Waals surface area contributed by atoms with E-state index in [2.05, 4.69) is 43.1 Å². The van der Waals surface area contributed by atoms with Gasteiger partial charge in [0.1, 0.15) is 5.82 Å². The summed E-state index contributed by atoms with van der Waals surface area (Å²) in [5.41, 5.74) is 2.91. The van der Waals surface area contributed by atoms with Gasteiger partial charge in [-0.3, -0.25) is 4.79 Å². The summed E-state index contributed by atoms with van der Waals surface area (Å²) in [6, 6.07) is 10.1. The van der Waals surface area contributed by atoms with E-state index in [1.165, 1.54) is 25.7 Å². The minimum absolute atomic E-state index is 0.0215. The van der Waals surface area contributed by atoms with Gasteiger partial charge in [-0.15, -0.1) is 0 Å². The van der Waals surface area contributed by atoms with E-state index in [4.69, 9.17) is 9.97 Å². The molecule has 2 aromatic rings. The van der Waals surface area contributed by atoms with Gasteiger partial charge in [0.2, 0.25) is 0 Å². The zero-order valence-electron chi connectivity index (χ0n) is 18.3. The SMILES string of the molecule is CC(C)(C)c1cc(N2CCCC2)nc(SCc2cccc(C(=O)NCC3CC3)c2)n1. The van der Waals surface area contributed by atoms with E-state index in [1.54, 1.807) is 11.8 Å². The highest BCUT2D eigenvalue weighted by Gasteiger charge is 2.23. The third kappa shape index (κ3) is 5.54. The Labute approximate surface area is 184 Å². The van der Waals surface area contributed by atoms with Crippen molar-refractivity contribution in [2.75, 3.05) is 24.5 Å². The molecule has 2 aliphatic rings. The minimum Gasteiger partial charge on any atom is -0.356 e. The maximum atomic E-state index is 12.4. The van der Waals surface area contributed by atoms with E-state index in [0.717, 1.165) is 53.2 Å². The highest BCUT2D eigenvalue weighted by molar-refractivity contribution is 7.98. The summed E-state index contributed by atoms with van der Waals surface area (Å²) in [4.78, 5) is 24.5. The van der Waals surface area contributed by atoms with E-state index in [1.807, 2.05) is 18.2 Å². The van der Waals surface area contributed by atoms with Gasteiger partial charge in [-0.05, 0) is 49.3 Å². The lowest BCUT2D eigenvalue weighted by Gasteiger charge is -2.23. The molecule has 0 spiro atoms. The molecule has 1 saturated carbocycles. The van der Waals surface area contributed by atoms with Crippen molar-refractivity contribution in [3.8, 4) is 0 Å². The van der Waals surface area contributed by atoms with Crippen LogP contribution in [0.4, 0.5) is 5.82 Å². The highest BCUT2D eigenvalue weighted by Crippen LogP contribution is 2.30. The van der Waals surface area contributed by atoms with E-state index in [0.29, 0.717) is 5.92 Å². The Morgan fingerprint density at radius 3 is 2.63 bits per heavy atom. The molecule has 1 aromatic heterocycles. The molecule has 1 aliphatic carbocycles. The first-order valence-corrected chi connectivity index (χ1v) is 12.0. The molecule has 1 amide bonds. The third-order valence-electron chi connectivity index (χ3n) is 5.70. The minimum atomic E-state index is -0.0215. The summed E-state index contributed by atoms with van der Waals surface area (Å²) in [6.07, 6.45) is 4.94. The Morgan fingerprint density at radius 1 is 1.17 bits per heavy atom. The van der Waals surface area contributed by atoms with Gasteiger partial charge in [-0.2, -0.15) is 0 Å². The van der Waals surface area contributed by atoms with Gasteiger partial charge < -0.3 is 10.2 Å². The Morgan fingerprint density at radius 2 is 1.93 bits per heavy atom. The molecule has 160 valence electrons. The van der Waals surface area contributed by atoms with Crippen LogP contribution < -0.4 is 10.2 Å². The standard InChI is InChI=1S/C24H32N4OS/c1-24(2,3)20-14-21(28-11-4-5-12-28)27-23(26-20)30-16-18-7-6-8-19(13-18)22(29)25-15-17-9-10-17/h6-8,13-14,17H,4-5,9-12,15-16H2,1-3H3,(H,25,29). The lowest BCUT2D eigenvalue weighted by atomic mass is 9.92. The molecule has 0 unspecified atom stereocenters. The average molecular weight is 425 g/mol. The average Bonchev–Trinajstić information content (AvgIpc) is 3.40. The molecule has 2 fully saturated rings. The largest absolute Gasteiger partial charge is 0.356 e. The van der Waals surface area contributed by atoms with Crippen molar-refractivity contribution in [3.05, 3.63) is 47.2 Å². The number of hydrogen-bond acceptors (Lipinski definition) is 5. The van der Waals surface area contributed by atoms with Crippen molar-refractivity contribution in [2.45, 2.75) is 62.8 Å². The Bertz CT molecular complexity index is 898. The van der Waals surface area contributed by atoms with Crippen LogP contribution in [0.5, 0.6) is 0 Å². The number of nitrogens with one attached hydrogen (secondary N) is 1. The molecule has 6 heteroatoms. The van der Waals surface area contributed by atoms with Crippen LogP contribution in [-0.4, -0.2) is 35.5 Å². The van der Waals surface area contributed by atoms with Gasteiger partial charge in [0.15, 0.2) is 5.16 Å². The van der Waals surface area contributed by atoms with Crippen molar-refractivity contribution < 1.29 is 4.79 Å². The predicted octanol–water partition coefficient (Wildman–Crippen LogP) is 4.81. The third-order valence-corrected chi connectivity index (χ3v) is 6.61. The van der Waals surface area contributed by atoms with Crippen LogP contribution in [-0.2, 0) is 11.2 Å². The zero-order chi connectivity index (χ0) is 21.1. The van der Waals surface area contributed by atoms with Crippen molar-refractivity contribution >= 4 is 23.5 Å². The van der Waals surface area contributed by atoms with Gasteiger partial charge in [-0.25, -0.2) is 9.97 Å². The van der Waals surface area contributed by atoms with Crippen LogP contribution in [0.15, 0.2) is 35.5 Å². The topological polar surface area (TPSA) is 58.1 Å². The monoisotopic (exact) mass is 424 g/mol. The second-order valence-corrected chi connectivity index (χ2v) is 10.4. The molecule has 1 aromatic carbocycles. The van der Waals surface area contributed by atoms with Crippen LogP contribution in [0.3, 0.4) is 0 Å². The van der Waals surface area contributed by atoms with Crippen LogP contribution in [0.25, 0.3) is 0 Å². The first kappa shape index (κ1) is 21.2. The van der Waals surface area contributed by atoms with Crippen molar-refractivity contribution in [1.29, 1.82) is 0 Å². The second kappa shape index (κ2) is 8.96. The molecular formula is C24H32N4OS. The van der Waals surface area contributed by atoms with Gasteiger partial charge in [-0.1, -0.05) is 44.7 Å². The first-order valence-electron chi connectivity index (χ1n) is 11.0. The number of hydrogen-bond donors (Lipinski definition) is 1. The molecule has 2 heterocycles. The molecule has 1 saturated heterocycles. The van der Waals surface area contributed by atoms with E-state index in [-0.39, 0.29) is 11.3 Å². The van der Waals surface area contributed by atoms with Crippen LogP contribution in [0, 0.1) is 5.92 Å². The fourth-order valence-corrected chi connectivity index (χ4v) is 4.38. The van der Waals surface area contributed by atoms with Crippen LogP contribution >= 0.6 is 11.8 Å². The number of thioether (sulfide) groups is 1. The summed E-state index contributed by atoms with van der Waals surface area (Å²) in [7, 11) is 0. The zero-order valence-corrected chi connectivity index (χ0v) is 19.1. The summed E-state index contributed by atoms with van der Waals surface area (Å²) in [6.45, 7) is 9.53. The maximum Gasteiger partial charge on any atom is 0.251 e. The number of anilines is 1. The van der Waals surface area contributed by atoms with E-state index >= 15 is 0 Å². The van der Waals surface area contributed by atoms with Gasteiger partial charge in [0.25, 0.3) is 5.91 Å². The Hall–Kier alpha value is -2.08. The fraction of sp³-hybridized carbons (Fsp3) is 0.542. The van der Waals surface area contributed by atoms with Gasteiger partial charge in [0.05, 0.1) is 5.69 Å². The first-order chi connectivity index (χ1) is 14.4. The van der Waals surface area contributed by atoms with E-state index < -0.39 is 0 Å². The molecular weight excluding hydrogens is 392 g/mol. The summed E-state index contributed by atoms with van der Waals surface area (Å²) in [5.74, 6) is 2.50. The summed E-state index contributed by atoms with van der Waals surface area (Å²) >= 11 is 1.64. The smallest absolute Gasteiger partial charge is 0.251 e. The molecule has 0 radical (unpaired) electrons. The molecule has 1 N–H and O–H groups in total. The lowest BCUT2D eigenvalue weighted by molar-refractivity contribution is 0.0951. The molecule has 30 heavy (non-hydrogen) atoms. The van der Waals surface area contributed by atoms with Crippen molar-refractivity contribution in [2.24, 2.45) is 5.92 Å². The molecule has 1 aliphatic heterocycles. The molecule has 0 bridgehead atoms. The highest BCUT2D eigenvalue weighted by atomic mass is 32.2. The fourth-order valence-electron chi connectivity index (χ4n) is 3.58. The summed E-state index contributed by atoms with van der Waals surface area (Å²) < 4.78 is 0. The number of carbonyl (C=O) groups excluding carboxylic acids is 1.